The lowest BCUT2D eigenvalue weighted by Gasteiger charge is -2.31. The van der Waals surface area contributed by atoms with E-state index in [2.05, 4.69) is 11.9 Å². The lowest BCUT2D eigenvalue weighted by molar-refractivity contribution is 0.0852. The second kappa shape index (κ2) is 6.79. The second-order valence-corrected chi connectivity index (χ2v) is 4.58. The van der Waals surface area contributed by atoms with Crippen molar-refractivity contribution in [3.8, 4) is 0 Å². The fourth-order valence-corrected chi connectivity index (χ4v) is 2.09. The quantitative estimate of drug-likeness (QED) is 0.852. The largest absolute Gasteiger partial charge is 0.459 e. The van der Waals surface area contributed by atoms with E-state index in [0.29, 0.717) is 31.7 Å². The van der Waals surface area contributed by atoms with E-state index in [1.54, 1.807) is 17.0 Å². The molecule has 0 atom stereocenters. The Bertz CT molecular complexity index is 462. The summed E-state index contributed by atoms with van der Waals surface area (Å²) in [4.78, 5) is 25.1. The zero-order chi connectivity index (χ0) is 14.4. The van der Waals surface area contributed by atoms with Gasteiger partial charge in [-0.2, -0.15) is 0 Å². The highest BCUT2D eigenvalue weighted by Crippen LogP contribution is 2.12. The molecule has 108 valence electrons. The van der Waals surface area contributed by atoms with Crippen LogP contribution in [-0.2, 0) is 4.74 Å². The summed E-state index contributed by atoms with van der Waals surface area (Å²) in [6.45, 7) is 4.85. The highest BCUT2D eigenvalue weighted by atomic mass is 16.6. The molecule has 1 aromatic heterocycles. The molecule has 2 rings (SSSR count). The van der Waals surface area contributed by atoms with Gasteiger partial charge in [0.05, 0.1) is 6.26 Å². The molecule has 0 bridgehead atoms. The van der Waals surface area contributed by atoms with Crippen molar-refractivity contribution in [2.24, 2.45) is 0 Å². The monoisotopic (exact) mass is 278 g/mol. The van der Waals surface area contributed by atoms with Crippen LogP contribution in [-0.4, -0.2) is 42.6 Å². The standard InChI is InChI=1S/C14H18N2O4/c1-2-9-20-14(18)16-7-5-11(6-8-16)15-13(17)12-4-3-10-19-12/h2-4,10-11H,1,5-9H2,(H,15,17). The van der Waals surface area contributed by atoms with Crippen LogP contribution >= 0.6 is 0 Å². The minimum absolute atomic E-state index is 0.0519. The molecule has 1 aliphatic heterocycles. The number of nitrogens with zero attached hydrogens (tertiary/aromatic N) is 1. The number of carbonyl (C=O) groups is 2. The fourth-order valence-electron chi connectivity index (χ4n) is 2.09. The molecule has 6 nitrogen and oxygen atoms in total. The first-order valence-corrected chi connectivity index (χ1v) is 6.57. The molecule has 2 amide bonds. The number of furan rings is 1. The number of carbonyl (C=O) groups excluding carboxylic acids is 2. The summed E-state index contributed by atoms with van der Waals surface area (Å²) in [5.41, 5.74) is 0. The van der Waals surface area contributed by atoms with Crippen LogP contribution in [0.5, 0.6) is 0 Å². The summed E-state index contributed by atoms with van der Waals surface area (Å²) in [7, 11) is 0. The number of piperidine rings is 1. The molecular formula is C14H18N2O4. The Hall–Kier alpha value is -2.24. The van der Waals surface area contributed by atoms with E-state index in [9.17, 15) is 9.59 Å². The smallest absolute Gasteiger partial charge is 0.410 e. The van der Waals surface area contributed by atoms with Crippen molar-refractivity contribution in [2.45, 2.75) is 18.9 Å². The number of amides is 2. The topological polar surface area (TPSA) is 71.8 Å². The van der Waals surface area contributed by atoms with Gasteiger partial charge in [0, 0.05) is 19.1 Å². The lowest BCUT2D eigenvalue weighted by atomic mass is 10.1. The second-order valence-electron chi connectivity index (χ2n) is 4.58. The van der Waals surface area contributed by atoms with Crippen molar-refractivity contribution < 1.29 is 18.7 Å². The normalized spacial score (nSPS) is 15.7. The maximum absolute atomic E-state index is 11.8. The predicted octanol–water partition coefficient (Wildman–Crippen LogP) is 1.80. The Labute approximate surface area is 117 Å². The van der Waals surface area contributed by atoms with E-state index in [-0.39, 0.29) is 24.6 Å². The Kier molecular flexibility index (Phi) is 4.81. The third-order valence-electron chi connectivity index (χ3n) is 3.16. The Balaban J connectivity index is 1.75. The maximum atomic E-state index is 11.8. The Morgan fingerprint density at radius 2 is 2.25 bits per heavy atom. The van der Waals surface area contributed by atoms with Gasteiger partial charge in [0.25, 0.3) is 5.91 Å². The number of nitrogens with one attached hydrogen (secondary N) is 1. The van der Waals surface area contributed by atoms with Gasteiger partial charge in [0.2, 0.25) is 0 Å². The molecular weight excluding hydrogens is 260 g/mol. The van der Waals surface area contributed by atoms with E-state index < -0.39 is 0 Å². The summed E-state index contributed by atoms with van der Waals surface area (Å²) < 4.78 is 10.0. The average molecular weight is 278 g/mol. The van der Waals surface area contributed by atoms with Gasteiger partial charge in [-0.15, -0.1) is 0 Å². The summed E-state index contributed by atoms with van der Waals surface area (Å²) in [5.74, 6) is 0.0838. The van der Waals surface area contributed by atoms with Crippen molar-refractivity contribution in [1.29, 1.82) is 0 Å². The zero-order valence-corrected chi connectivity index (χ0v) is 11.2. The van der Waals surface area contributed by atoms with Crippen molar-refractivity contribution in [2.75, 3.05) is 19.7 Å². The lowest BCUT2D eigenvalue weighted by Crippen LogP contribution is -2.46. The van der Waals surface area contributed by atoms with Crippen LogP contribution in [0.3, 0.4) is 0 Å². The van der Waals surface area contributed by atoms with Gasteiger partial charge in [-0.1, -0.05) is 12.7 Å². The van der Waals surface area contributed by atoms with E-state index in [1.165, 1.54) is 12.3 Å². The van der Waals surface area contributed by atoms with Crippen molar-refractivity contribution in [1.82, 2.24) is 10.2 Å². The Morgan fingerprint density at radius 3 is 2.85 bits per heavy atom. The van der Waals surface area contributed by atoms with E-state index >= 15 is 0 Å². The molecule has 1 aromatic rings. The minimum Gasteiger partial charge on any atom is -0.459 e. The van der Waals surface area contributed by atoms with Crippen LogP contribution in [0, 0.1) is 0 Å². The molecule has 6 heteroatoms. The first-order chi connectivity index (χ1) is 9.70. The molecule has 1 saturated heterocycles. The third-order valence-corrected chi connectivity index (χ3v) is 3.16. The molecule has 20 heavy (non-hydrogen) atoms. The highest BCUT2D eigenvalue weighted by Gasteiger charge is 2.25. The zero-order valence-electron chi connectivity index (χ0n) is 11.2. The van der Waals surface area contributed by atoms with Gasteiger partial charge in [0.15, 0.2) is 5.76 Å². The average Bonchev–Trinajstić information content (AvgIpc) is 3.00. The third kappa shape index (κ3) is 3.63. The van der Waals surface area contributed by atoms with Crippen LogP contribution in [0.4, 0.5) is 4.79 Å². The van der Waals surface area contributed by atoms with Crippen LogP contribution in [0.25, 0.3) is 0 Å². The van der Waals surface area contributed by atoms with Gasteiger partial charge in [-0.25, -0.2) is 4.79 Å². The van der Waals surface area contributed by atoms with Crippen LogP contribution in [0.15, 0.2) is 35.5 Å². The summed E-state index contributed by atoms with van der Waals surface area (Å²) >= 11 is 0. The van der Waals surface area contributed by atoms with Gasteiger partial charge in [-0.05, 0) is 25.0 Å². The summed E-state index contributed by atoms with van der Waals surface area (Å²) in [6.07, 6.45) is 4.08. The van der Waals surface area contributed by atoms with Gasteiger partial charge < -0.3 is 19.4 Å². The Morgan fingerprint density at radius 1 is 1.50 bits per heavy atom. The molecule has 1 fully saturated rings. The number of ether oxygens (including phenoxy) is 1. The molecule has 0 spiro atoms. The molecule has 0 radical (unpaired) electrons. The molecule has 0 aromatic carbocycles. The molecule has 1 N–H and O–H groups in total. The highest BCUT2D eigenvalue weighted by molar-refractivity contribution is 5.91. The number of hydrogen-bond donors (Lipinski definition) is 1. The van der Waals surface area contributed by atoms with Gasteiger partial charge in [-0.3, -0.25) is 4.79 Å². The molecule has 0 aliphatic carbocycles. The number of likely N-dealkylation sites (tertiary alicyclic amines) is 1. The first kappa shape index (κ1) is 14.2. The van der Waals surface area contributed by atoms with Crippen LogP contribution in [0.2, 0.25) is 0 Å². The minimum atomic E-state index is -0.333. The molecule has 2 heterocycles. The maximum Gasteiger partial charge on any atom is 0.410 e. The molecule has 0 saturated carbocycles. The van der Waals surface area contributed by atoms with Crippen molar-refractivity contribution >= 4 is 12.0 Å². The number of rotatable bonds is 4. The number of hydrogen-bond acceptors (Lipinski definition) is 4. The molecule has 1 aliphatic rings. The summed E-state index contributed by atoms with van der Waals surface area (Å²) in [6, 6.07) is 3.35. The van der Waals surface area contributed by atoms with Crippen molar-refractivity contribution in [3.63, 3.8) is 0 Å². The van der Waals surface area contributed by atoms with E-state index in [1.807, 2.05) is 0 Å². The van der Waals surface area contributed by atoms with Gasteiger partial charge in [0.1, 0.15) is 6.61 Å². The van der Waals surface area contributed by atoms with Crippen LogP contribution < -0.4 is 5.32 Å². The fraction of sp³-hybridized carbons (Fsp3) is 0.429. The summed E-state index contributed by atoms with van der Waals surface area (Å²) in [5, 5.41) is 2.90. The molecule has 0 unspecified atom stereocenters. The van der Waals surface area contributed by atoms with E-state index in [4.69, 9.17) is 9.15 Å². The SMILES string of the molecule is C=CCOC(=O)N1CCC(NC(=O)c2ccco2)CC1. The van der Waals surface area contributed by atoms with Gasteiger partial charge >= 0.3 is 6.09 Å². The van der Waals surface area contributed by atoms with Crippen LogP contribution in [0.1, 0.15) is 23.4 Å². The first-order valence-electron chi connectivity index (χ1n) is 6.57. The van der Waals surface area contributed by atoms with Crippen molar-refractivity contribution in [3.05, 3.63) is 36.8 Å². The van der Waals surface area contributed by atoms with E-state index in [0.717, 1.165) is 0 Å². The predicted molar refractivity (Wildman–Crippen MR) is 72.3 cm³/mol.